The van der Waals surface area contributed by atoms with Gasteiger partial charge in [0.15, 0.2) is 11.6 Å². The van der Waals surface area contributed by atoms with Gasteiger partial charge in [0.1, 0.15) is 0 Å². The molecule has 0 atom stereocenters. The molecule has 0 bridgehead atoms. The number of aromatic hydroxyl groups is 1. The van der Waals surface area contributed by atoms with Crippen molar-refractivity contribution in [1.82, 2.24) is 4.98 Å². The molecule has 0 unspecified atom stereocenters. The number of hydrogen-bond donors (Lipinski definition) is 2. The van der Waals surface area contributed by atoms with Crippen LogP contribution >= 0.6 is 0 Å². The van der Waals surface area contributed by atoms with Gasteiger partial charge in [-0.15, -0.1) is 0 Å². The third-order valence-corrected chi connectivity index (χ3v) is 3.43. The molecule has 0 aliphatic carbocycles. The molecule has 1 aromatic heterocycles. The number of nitrogens with one attached hydrogen (secondary N) is 1. The fraction of sp³-hybridized carbons (Fsp3) is 0. The van der Waals surface area contributed by atoms with Crippen LogP contribution in [0.15, 0.2) is 53.6 Å². The molecular weight excluding hydrogens is 240 g/mol. The zero-order valence-electron chi connectivity index (χ0n) is 8.74. The predicted octanol–water partition coefficient (Wildman–Crippen LogP) is 1.59. The highest BCUT2D eigenvalue weighted by atomic mass is 32.2. The molecule has 0 saturated carbocycles. The van der Waals surface area contributed by atoms with Crippen molar-refractivity contribution in [3.63, 3.8) is 0 Å². The molecule has 1 aromatic carbocycles. The third-order valence-electron chi connectivity index (χ3n) is 2.07. The van der Waals surface area contributed by atoms with Crippen molar-refractivity contribution in [2.24, 2.45) is 0 Å². The van der Waals surface area contributed by atoms with E-state index in [4.69, 9.17) is 0 Å². The summed E-state index contributed by atoms with van der Waals surface area (Å²) in [5.41, 5.74) is 0. The molecule has 2 aromatic rings. The van der Waals surface area contributed by atoms with Crippen LogP contribution in [0.5, 0.6) is 5.75 Å². The molecule has 2 rings (SSSR count). The van der Waals surface area contributed by atoms with Crippen molar-refractivity contribution in [2.75, 3.05) is 4.72 Å². The van der Waals surface area contributed by atoms with Gasteiger partial charge in [0.05, 0.1) is 4.90 Å². The average Bonchev–Trinajstić information content (AvgIpc) is 2.33. The lowest BCUT2D eigenvalue weighted by Gasteiger charge is -2.07. The van der Waals surface area contributed by atoms with Gasteiger partial charge in [-0.2, -0.15) is 0 Å². The van der Waals surface area contributed by atoms with Gasteiger partial charge in [-0.1, -0.05) is 18.2 Å². The number of aromatic nitrogens is 1. The number of pyridine rings is 1. The molecule has 88 valence electrons. The van der Waals surface area contributed by atoms with Crippen LogP contribution in [0, 0.1) is 0 Å². The van der Waals surface area contributed by atoms with Gasteiger partial charge >= 0.3 is 0 Å². The van der Waals surface area contributed by atoms with Crippen molar-refractivity contribution in [3.8, 4) is 5.75 Å². The van der Waals surface area contributed by atoms with E-state index in [0.29, 0.717) is 0 Å². The minimum absolute atomic E-state index is 0.0867. The van der Waals surface area contributed by atoms with Gasteiger partial charge in [-0.05, 0) is 24.3 Å². The van der Waals surface area contributed by atoms with Gasteiger partial charge in [-0.3, -0.25) is 4.72 Å². The molecule has 0 fully saturated rings. The third kappa shape index (κ3) is 2.54. The van der Waals surface area contributed by atoms with E-state index >= 15 is 0 Å². The van der Waals surface area contributed by atoms with Gasteiger partial charge in [0.2, 0.25) is 0 Å². The number of sulfonamides is 1. The van der Waals surface area contributed by atoms with Gasteiger partial charge < -0.3 is 5.11 Å². The summed E-state index contributed by atoms with van der Waals surface area (Å²) in [5.74, 6) is -0.302. The standard InChI is InChI=1S/C11H10N2O3S/c14-10-7-4-8-12-11(10)13-17(15,16)9-5-2-1-3-6-9/h1-8,14H,(H,12,13). The molecule has 17 heavy (non-hydrogen) atoms. The van der Waals surface area contributed by atoms with Crippen molar-refractivity contribution in [2.45, 2.75) is 4.90 Å². The number of anilines is 1. The minimum Gasteiger partial charge on any atom is -0.504 e. The van der Waals surface area contributed by atoms with E-state index in [1.54, 1.807) is 18.2 Å². The summed E-state index contributed by atoms with van der Waals surface area (Å²) in [5, 5.41) is 9.43. The Hall–Kier alpha value is -2.08. The maximum absolute atomic E-state index is 11.9. The largest absolute Gasteiger partial charge is 0.504 e. The lowest BCUT2D eigenvalue weighted by atomic mass is 10.4. The zero-order valence-corrected chi connectivity index (χ0v) is 9.55. The summed E-state index contributed by atoms with van der Waals surface area (Å²) >= 11 is 0. The van der Waals surface area contributed by atoms with Crippen LogP contribution in [-0.2, 0) is 10.0 Å². The first-order valence-corrected chi connectivity index (χ1v) is 6.30. The first-order chi connectivity index (χ1) is 8.09. The maximum Gasteiger partial charge on any atom is 0.263 e. The molecule has 0 saturated heterocycles. The van der Waals surface area contributed by atoms with Gasteiger partial charge in [0, 0.05) is 6.20 Å². The summed E-state index contributed by atoms with van der Waals surface area (Å²) in [7, 11) is -3.71. The molecular formula is C11H10N2O3S. The molecule has 0 radical (unpaired) electrons. The summed E-state index contributed by atoms with van der Waals surface area (Å²) in [6.07, 6.45) is 1.39. The quantitative estimate of drug-likeness (QED) is 0.867. The molecule has 0 spiro atoms. The fourth-order valence-corrected chi connectivity index (χ4v) is 2.31. The number of rotatable bonds is 3. The van der Waals surface area contributed by atoms with Crippen LogP contribution in [0.1, 0.15) is 0 Å². The van der Waals surface area contributed by atoms with Gasteiger partial charge in [0.25, 0.3) is 10.0 Å². The maximum atomic E-state index is 11.9. The molecule has 0 aliphatic heterocycles. The Morgan fingerprint density at radius 2 is 1.76 bits per heavy atom. The number of benzene rings is 1. The Labute approximate surface area is 98.8 Å². The summed E-state index contributed by atoms with van der Waals surface area (Å²) in [6, 6.07) is 10.7. The van der Waals surface area contributed by atoms with Crippen molar-refractivity contribution >= 4 is 15.8 Å². The number of hydrogen-bond acceptors (Lipinski definition) is 4. The second-order valence-electron chi connectivity index (χ2n) is 3.29. The van der Waals surface area contributed by atoms with Crippen molar-refractivity contribution < 1.29 is 13.5 Å². The smallest absolute Gasteiger partial charge is 0.263 e. The Balaban J connectivity index is 2.34. The molecule has 0 amide bonds. The molecule has 5 nitrogen and oxygen atoms in total. The van der Waals surface area contributed by atoms with Crippen LogP contribution < -0.4 is 4.72 Å². The normalized spacial score (nSPS) is 11.1. The molecule has 1 heterocycles. The lowest BCUT2D eigenvalue weighted by molar-refractivity contribution is 0.475. The Morgan fingerprint density at radius 3 is 2.41 bits per heavy atom. The second kappa shape index (κ2) is 4.42. The van der Waals surface area contributed by atoms with E-state index in [9.17, 15) is 13.5 Å². The molecule has 6 heteroatoms. The number of nitrogens with zero attached hydrogens (tertiary/aromatic N) is 1. The summed E-state index contributed by atoms with van der Waals surface area (Å²) in [6.45, 7) is 0. The fourth-order valence-electron chi connectivity index (χ4n) is 1.26. The summed E-state index contributed by atoms with van der Waals surface area (Å²) < 4.78 is 26.0. The van der Waals surface area contributed by atoms with E-state index in [2.05, 4.69) is 9.71 Å². The van der Waals surface area contributed by atoms with Crippen molar-refractivity contribution in [3.05, 3.63) is 48.7 Å². The zero-order chi connectivity index (χ0) is 12.3. The average molecular weight is 250 g/mol. The molecule has 2 N–H and O–H groups in total. The van der Waals surface area contributed by atoms with E-state index in [1.807, 2.05) is 0 Å². The Bertz CT molecular complexity index is 612. The van der Waals surface area contributed by atoms with E-state index < -0.39 is 10.0 Å². The highest BCUT2D eigenvalue weighted by molar-refractivity contribution is 7.92. The first kappa shape index (κ1) is 11.4. The SMILES string of the molecule is O=S(=O)(Nc1ncccc1O)c1ccccc1. The topological polar surface area (TPSA) is 79.3 Å². The highest BCUT2D eigenvalue weighted by Gasteiger charge is 2.15. The van der Waals surface area contributed by atoms with Crippen LogP contribution in [0.25, 0.3) is 0 Å². The lowest BCUT2D eigenvalue weighted by Crippen LogP contribution is -2.13. The Morgan fingerprint density at radius 1 is 1.06 bits per heavy atom. The van der Waals surface area contributed by atoms with Crippen LogP contribution in [0.3, 0.4) is 0 Å². The van der Waals surface area contributed by atoms with E-state index in [0.717, 1.165) is 0 Å². The van der Waals surface area contributed by atoms with Crippen LogP contribution in [0.2, 0.25) is 0 Å². The van der Waals surface area contributed by atoms with Crippen LogP contribution in [0.4, 0.5) is 5.82 Å². The van der Waals surface area contributed by atoms with Gasteiger partial charge in [-0.25, -0.2) is 13.4 Å². The van der Waals surface area contributed by atoms with E-state index in [-0.39, 0.29) is 16.5 Å². The molecule has 0 aliphatic rings. The monoisotopic (exact) mass is 250 g/mol. The second-order valence-corrected chi connectivity index (χ2v) is 4.97. The Kier molecular flexibility index (Phi) is 2.97. The summed E-state index contributed by atoms with van der Waals surface area (Å²) in [4.78, 5) is 3.86. The first-order valence-electron chi connectivity index (χ1n) is 4.81. The predicted molar refractivity (Wildman–Crippen MR) is 63.2 cm³/mol. The van der Waals surface area contributed by atoms with Crippen LogP contribution in [-0.4, -0.2) is 18.5 Å². The van der Waals surface area contributed by atoms with Crippen molar-refractivity contribution in [1.29, 1.82) is 0 Å². The minimum atomic E-state index is -3.71. The highest BCUT2D eigenvalue weighted by Crippen LogP contribution is 2.21. The van der Waals surface area contributed by atoms with E-state index in [1.165, 1.54) is 30.5 Å².